The molecule has 0 unspecified atom stereocenters. The lowest BCUT2D eigenvalue weighted by Gasteiger charge is -2.21. The number of amides is 1. The predicted molar refractivity (Wildman–Crippen MR) is 99.5 cm³/mol. The molecule has 1 aliphatic rings. The first-order chi connectivity index (χ1) is 12.1. The minimum absolute atomic E-state index is 0.139. The van der Waals surface area contributed by atoms with E-state index in [0.29, 0.717) is 22.6 Å². The van der Waals surface area contributed by atoms with Crippen molar-refractivity contribution in [2.75, 3.05) is 30.4 Å². The lowest BCUT2D eigenvalue weighted by Crippen LogP contribution is -2.23. The molecule has 0 aliphatic carbocycles. The maximum atomic E-state index is 12.9. The van der Waals surface area contributed by atoms with Gasteiger partial charge in [0.15, 0.2) is 0 Å². The highest BCUT2D eigenvalue weighted by Crippen LogP contribution is 2.28. The van der Waals surface area contributed by atoms with E-state index in [1.54, 1.807) is 25.3 Å². The molecule has 0 aromatic heterocycles. The molecule has 0 bridgehead atoms. The summed E-state index contributed by atoms with van der Waals surface area (Å²) in [7, 11) is 1.56. The van der Waals surface area contributed by atoms with E-state index >= 15 is 0 Å². The van der Waals surface area contributed by atoms with Crippen LogP contribution in [0.2, 0.25) is 0 Å². The van der Waals surface area contributed by atoms with E-state index in [0.717, 1.165) is 37.2 Å². The number of aryl methyl sites for hydroxylation is 1. The van der Waals surface area contributed by atoms with Gasteiger partial charge in [0.05, 0.1) is 19.3 Å². The van der Waals surface area contributed by atoms with Crippen molar-refractivity contribution in [1.29, 1.82) is 0 Å². The van der Waals surface area contributed by atoms with E-state index in [1.165, 1.54) is 0 Å². The maximum absolute atomic E-state index is 12.9. The van der Waals surface area contributed by atoms with Crippen molar-refractivity contribution >= 4 is 17.3 Å². The second-order valence-electron chi connectivity index (χ2n) is 6.35. The van der Waals surface area contributed by atoms with Crippen LogP contribution < -0.4 is 15.0 Å². The van der Waals surface area contributed by atoms with Crippen LogP contribution in [0.25, 0.3) is 0 Å². The fourth-order valence-corrected chi connectivity index (χ4v) is 3.24. The number of nitrogens with one attached hydrogen (secondary N) is 1. The van der Waals surface area contributed by atoms with Gasteiger partial charge >= 0.3 is 0 Å². The third-order valence-corrected chi connectivity index (χ3v) is 4.55. The summed E-state index contributed by atoms with van der Waals surface area (Å²) in [6.07, 6.45) is 2.32. The number of carbonyl (C=O) groups is 1. The van der Waals surface area contributed by atoms with E-state index in [4.69, 9.17) is 4.74 Å². The average molecular weight is 340 g/mol. The molecule has 1 saturated heterocycles. The van der Waals surface area contributed by atoms with Gasteiger partial charge in [-0.15, -0.1) is 0 Å². The second-order valence-corrected chi connectivity index (χ2v) is 6.35. The zero-order chi connectivity index (χ0) is 17.8. The summed E-state index contributed by atoms with van der Waals surface area (Å²) in [5.41, 5.74) is 4.01. The molecule has 3 rings (SSSR count). The van der Waals surface area contributed by atoms with Crippen molar-refractivity contribution in [2.45, 2.75) is 26.4 Å². The number of carbonyl (C=O) groups excluding carboxylic acids is 1. The summed E-state index contributed by atoms with van der Waals surface area (Å²) >= 11 is 0. The van der Waals surface area contributed by atoms with Gasteiger partial charge in [-0.2, -0.15) is 0 Å². The SMILES string of the molecule is COc1ccc(NC(=O)c2cc(C)ccc2N2CCCC2)cc1CO. The lowest BCUT2D eigenvalue weighted by atomic mass is 10.1. The molecule has 1 amide bonds. The summed E-state index contributed by atoms with van der Waals surface area (Å²) in [4.78, 5) is 15.1. The Kier molecular flexibility index (Phi) is 5.24. The number of ether oxygens (including phenoxy) is 1. The fourth-order valence-electron chi connectivity index (χ4n) is 3.24. The number of anilines is 2. The zero-order valence-corrected chi connectivity index (χ0v) is 14.7. The van der Waals surface area contributed by atoms with E-state index in [9.17, 15) is 9.90 Å². The molecular weight excluding hydrogens is 316 g/mol. The van der Waals surface area contributed by atoms with E-state index in [1.807, 2.05) is 25.1 Å². The van der Waals surface area contributed by atoms with Crippen LogP contribution in [0.15, 0.2) is 36.4 Å². The van der Waals surface area contributed by atoms with Gasteiger partial charge in [0, 0.05) is 30.0 Å². The van der Waals surface area contributed by atoms with Gasteiger partial charge in [-0.05, 0) is 50.1 Å². The minimum atomic E-state index is -0.143. The van der Waals surface area contributed by atoms with Gasteiger partial charge in [0.25, 0.3) is 5.91 Å². The average Bonchev–Trinajstić information content (AvgIpc) is 3.16. The number of rotatable bonds is 5. The fraction of sp³-hybridized carbons (Fsp3) is 0.350. The molecule has 25 heavy (non-hydrogen) atoms. The Bertz CT molecular complexity index is 768. The Morgan fingerprint density at radius 2 is 1.96 bits per heavy atom. The molecule has 0 atom stereocenters. The number of hydrogen-bond donors (Lipinski definition) is 2. The lowest BCUT2D eigenvalue weighted by molar-refractivity contribution is 0.102. The van der Waals surface area contributed by atoms with Crippen molar-refractivity contribution in [2.24, 2.45) is 0 Å². The minimum Gasteiger partial charge on any atom is -0.496 e. The van der Waals surface area contributed by atoms with Gasteiger partial charge in [-0.1, -0.05) is 11.6 Å². The van der Waals surface area contributed by atoms with Crippen molar-refractivity contribution in [3.8, 4) is 5.75 Å². The van der Waals surface area contributed by atoms with Crippen molar-refractivity contribution in [3.05, 3.63) is 53.1 Å². The molecule has 5 nitrogen and oxygen atoms in total. The Hall–Kier alpha value is -2.53. The summed E-state index contributed by atoms with van der Waals surface area (Å²) < 4.78 is 5.20. The highest BCUT2D eigenvalue weighted by molar-refractivity contribution is 6.08. The van der Waals surface area contributed by atoms with E-state index in [2.05, 4.69) is 10.2 Å². The van der Waals surface area contributed by atoms with Crippen molar-refractivity contribution in [3.63, 3.8) is 0 Å². The largest absolute Gasteiger partial charge is 0.496 e. The Morgan fingerprint density at radius 3 is 2.64 bits per heavy atom. The Morgan fingerprint density at radius 1 is 1.20 bits per heavy atom. The number of nitrogens with zero attached hydrogens (tertiary/aromatic N) is 1. The molecule has 2 aromatic rings. The van der Waals surface area contributed by atoms with Gasteiger partial charge in [-0.25, -0.2) is 0 Å². The van der Waals surface area contributed by atoms with Gasteiger partial charge in [-0.3, -0.25) is 4.79 Å². The molecule has 1 fully saturated rings. The third kappa shape index (κ3) is 3.77. The highest BCUT2D eigenvalue weighted by Gasteiger charge is 2.20. The van der Waals surface area contributed by atoms with Crippen LogP contribution in [-0.4, -0.2) is 31.2 Å². The molecular formula is C20H24N2O3. The molecule has 132 valence electrons. The Labute approximate surface area is 148 Å². The second kappa shape index (κ2) is 7.57. The van der Waals surface area contributed by atoms with Crippen LogP contribution in [0.3, 0.4) is 0 Å². The first kappa shape index (κ1) is 17.3. The molecule has 1 aliphatic heterocycles. The van der Waals surface area contributed by atoms with Crippen LogP contribution in [0.1, 0.15) is 34.3 Å². The number of aliphatic hydroxyl groups is 1. The van der Waals surface area contributed by atoms with Crippen LogP contribution in [0.5, 0.6) is 5.75 Å². The first-order valence-corrected chi connectivity index (χ1v) is 8.57. The highest BCUT2D eigenvalue weighted by atomic mass is 16.5. The maximum Gasteiger partial charge on any atom is 0.257 e. The molecule has 2 N–H and O–H groups in total. The molecule has 0 saturated carbocycles. The van der Waals surface area contributed by atoms with Crippen LogP contribution in [-0.2, 0) is 6.61 Å². The summed E-state index contributed by atoms with van der Waals surface area (Å²) in [5.74, 6) is 0.466. The number of benzene rings is 2. The molecule has 2 aromatic carbocycles. The van der Waals surface area contributed by atoms with Crippen LogP contribution in [0.4, 0.5) is 11.4 Å². The molecule has 0 radical (unpaired) electrons. The van der Waals surface area contributed by atoms with Crippen molar-refractivity contribution in [1.82, 2.24) is 0 Å². The number of aliphatic hydroxyl groups excluding tert-OH is 1. The quantitative estimate of drug-likeness (QED) is 0.876. The molecule has 5 heteroatoms. The van der Waals surface area contributed by atoms with Crippen LogP contribution in [0, 0.1) is 6.92 Å². The molecule has 1 heterocycles. The normalized spacial score (nSPS) is 13.8. The molecule has 0 spiro atoms. The standard InChI is InChI=1S/C20H24N2O3/c1-14-5-7-18(22-9-3-4-10-22)17(11-14)20(24)21-16-6-8-19(25-2)15(12-16)13-23/h5-8,11-12,23H,3-4,9-10,13H2,1-2H3,(H,21,24). The summed E-state index contributed by atoms with van der Waals surface area (Å²) in [6, 6.07) is 11.3. The zero-order valence-electron chi connectivity index (χ0n) is 14.7. The Balaban J connectivity index is 1.87. The first-order valence-electron chi connectivity index (χ1n) is 8.57. The summed E-state index contributed by atoms with van der Waals surface area (Å²) in [6.45, 7) is 3.82. The third-order valence-electron chi connectivity index (χ3n) is 4.55. The van der Waals surface area contributed by atoms with Crippen molar-refractivity contribution < 1.29 is 14.6 Å². The monoisotopic (exact) mass is 340 g/mol. The summed E-state index contributed by atoms with van der Waals surface area (Å²) in [5, 5.41) is 12.4. The smallest absolute Gasteiger partial charge is 0.257 e. The van der Waals surface area contributed by atoms with Gasteiger partial charge in [0.2, 0.25) is 0 Å². The van der Waals surface area contributed by atoms with Gasteiger partial charge in [0.1, 0.15) is 5.75 Å². The topological polar surface area (TPSA) is 61.8 Å². The number of hydrogen-bond acceptors (Lipinski definition) is 4. The van der Waals surface area contributed by atoms with E-state index in [-0.39, 0.29) is 12.5 Å². The van der Waals surface area contributed by atoms with E-state index < -0.39 is 0 Å². The van der Waals surface area contributed by atoms with Gasteiger partial charge < -0.3 is 20.1 Å². The van der Waals surface area contributed by atoms with Crippen LogP contribution >= 0.6 is 0 Å². The number of methoxy groups -OCH3 is 1. The predicted octanol–water partition coefficient (Wildman–Crippen LogP) is 3.35.